The topological polar surface area (TPSA) is 136 Å². The van der Waals surface area contributed by atoms with Crippen LogP contribution >= 0.6 is 0 Å². The summed E-state index contributed by atoms with van der Waals surface area (Å²) in [5.41, 5.74) is 1.24. The minimum Gasteiger partial charge on any atom is -0.475 e. The van der Waals surface area contributed by atoms with Gasteiger partial charge in [-0.3, -0.25) is 4.18 Å². The second-order valence-electron chi connectivity index (χ2n) is 6.55. The minimum absolute atomic E-state index is 0.00333. The number of hydrogen-bond acceptors (Lipinski definition) is 7. The number of carboxylic acid groups (broad SMARTS) is 2. The van der Waals surface area contributed by atoms with Crippen molar-refractivity contribution in [3.05, 3.63) is 53.6 Å². The molecule has 29 heavy (non-hydrogen) atoms. The minimum atomic E-state index is -4.02. The van der Waals surface area contributed by atoms with Crippen LogP contribution in [0.2, 0.25) is 0 Å². The third-order valence-electron chi connectivity index (χ3n) is 4.23. The van der Waals surface area contributed by atoms with Crippen molar-refractivity contribution >= 4 is 22.1 Å². The van der Waals surface area contributed by atoms with Crippen LogP contribution in [0.25, 0.3) is 0 Å². The highest BCUT2D eigenvalue weighted by atomic mass is 32.2. The first-order valence-electron chi connectivity index (χ1n) is 8.52. The van der Waals surface area contributed by atoms with Gasteiger partial charge in [0, 0.05) is 12.0 Å². The average molecular weight is 422 g/mol. The Morgan fingerprint density at radius 2 is 1.69 bits per heavy atom. The largest absolute Gasteiger partial charge is 0.475 e. The van der Waals surface area contributed by atoms with Gasteiger partial charge in [-0.25, -0.2) is 9.59 Å². The van der Waals surface area contributed by atoms with Gasteiger partial charge >= 0.3 is 17.7 Å². The average Bonchev–Trinajstić information content (AvgIpc) is 3.04. The molecule has 1 aliphatic heterocycles. The molecule has 1 unspecified atom stereocenters. The van der Waals surface area contributed by atoms with Crippen LogP contribution in [0, 0.1) is 6.92 Å². The Kier molecular flexibility index (Phi) is 5.24. The fraction of sp³-hybridized carbons (Fsp3) is 0.263. The maximum absolute atomic E-state index is 12.4. The summed E-state index contributed by atoms with van der Waals surface area (Å²) in [7, 11) is -4.02. The summed E-state index contributed by atoms with van der Waals surface area (Å²) in [6, 6.07) is 10.6. The Bertz CT molecular complexity index is 1040. The lowest BCUT2D eigenvalue weighted by molar-refractivity contribution is -0.194. The number of benzene rings is 2. The summed E-state index contributed by atoms with van der Waals surface area (Å²) < 4.78 is 40.3. The van der Waals surface area contributed by atoms with Gasteiger partial charge in [0.05, 0.1) is 11.0 Å². The van der Waals surface area contributed by atoms with E-state index in [1.807, 2.05) is 6.92 Å². The smallest absolute Gasteiger partial charge is 0.453 e. The van der Waals surface area contributed by atoms with E-state index in [4.69, 9.17) is 13.7 Å². The van der Waals surface area contributed by atoms with E-state index in [0.29, 0.717) is 5.56 Å². The maximum Gasteiger partial charge on any atom is 0.453 e. The summed E-state index contributed by atoms with van der Waals surface area (Å²) in [6.45, 7) is 3.34. The van der Waals surface area contributed by atoms with E-state index in [1.165, 1.54) is 31.2 Å². The van der Waals surface area contributed by atoms with E-state index < -0.39 is 33.9 Å². The number of carbonyl (C=O) groups is 2. The first kappa shape index (κ1) is 20.6. The predicted octanol–water partition coefficient (Wildman–Crippen LogP) is 1.97. The van der Waals surface area contributed by atoms with Crippen LogP contribution in [-0.2, 0) is 30.3 Å². The number of fused-ring (bicyclic) bond motifs is 1. The molecule has 1 heterocycles. The third-order valence-corrected chi connectivity index (χ3v) is 5.66. The maximum atomic E-state index is 12.4. The zero-order valence-corrected chi connectivity index (χ0v) is 16.3. The van der Waals surface area contributed by atoms with E-state index >= 15 is 0 Å². The Labute approximate surface area is 166 Å². The molecule has 0 fully saturated rings. The number of aliphatic carboxylic acids is 2. The molecule has 0 saturated carbocycles. The van der Waals surface area contributed by atoms with Crippen molar-refractivity contribution in [1.82, 2.24) is 0 Å². The molecule has 1 aliphatic rings. The number of hydrogen-bond donors (Lipinski definition) is 2. The third kappa shape index (κ3) is 3.89. The van der Waals surface area contributed by atoms with Gasteiger partial charge in [0.15, 0.2) is 11.5 Å². The van der Waals surface area contributed by atoms with Gasteiger partial charge in [-0.05, 0) is 32.0 Å². The Morgan fingerprint density at radius 3 is 2.28 bits per heavy atom. The molecule has 0 radical (unpaired) electrons. The number of ether oxygens (including phenoxy) is 2. The highest BCUT2D eigenvalue weighted by Crippen LogP contribution is 2.43. The second kappa shape index (κ2) is 7.37. The van der Waals surface area contributed by atoms with Crippen LogP contribution in [0.1, 0.15) is 18.1 Å². The molecule has 1 atom stereocenters. The fourth-order valence-electron chi connectivity index (χ4n) is 2.82. The lowest BCUT2D eigenvalue weighted by Gasteiger charge is -2.18. The second-order valence-corrected chi connectivity index (χ2v) is 8.13. The molecule has 0 aromatic heterocycles. The van der Waals surface area contributed by atoms with E-state index in [9.17, 15) is 28.2 Å². The van der Waals surface area contributed by atoms with Crippen molar-refractivity contribution in [3.63, 3.8) is 0 Å². The summed E-state index contributed by atoms with van der Waals surface area (Å²) in [5, 5.41) is 18.5. The van der Waals surface area contributed by atoms with Crippen molar-refractivity contribution in [2.75, 3.05) is 0 Å². The number of para-hydroxylation sites is 1. The molecule has 0 aliphatic carbocycles. The van der Waals surface area contributed by atoms with E-state index in [1.54, 1.807) is 18.2 Å². The number of aryl methyl sites for hydroxylation is 1. The van der Waals surface area contributed by atoms with E-state index in [-0.39, 0.29) is 22.8 Å². The van der Waals surface area contributed by atoms with Gasteiger partial charge < -0.3 is 19.7 Å². The summed E-state index contributed by atoms with van der Waals surface area (Å²) in [5.74, 6) is -6.69. The first-order chi connectivity index (χ1) is 13.5. The van der Waals surface area contributed by atoms with Gasteiger partial charge in [0.25, 0.3) is 10.1 Å². The van der Waals surface area contributed by atoms with Crippen molar-refractivity contribution in [2.45, 2.75) is 37.1 Å². The van der Waals surface area contributed by atoms with Crippen LogP contribution in [0.5, 0.6) is 11.5 Å². The molecule has 0 saturated heterocycles. The molecule has 2 aromatic carbocycles. The first-order valence-corrected chi connectivity index (χ1v) is 9.92. The molecule has 10 heteroatoms. The van der Waals surface area contributed by atoms with Gasteiger partial charge in [-0.1, -0.05) is 29.8 Å². The van der Waals surface area contributed by atoms with Crippen LogP contribution in [0.3, 0.4) is 0 Å². The fourth-order valence-corrected chi connectivity index (χ4v) is 3.91. The Balaban J connectivity index is 1.81. The Hall–Kier alpha value is -3.11. The lowest BCUT2D eigenvalue weighted by Crippen LogP contribution is -2.54. The highest BCUT2D eigenvalue weighted by Gasteiger charge is 2.58. The van der Waals surface area contributed by atoms with Gasteiger partial charge in [-0.15, -0.1) is 0 Å². The standard InChI is InChI=1S/C19H18O9S/c1-11-6-8-14(9-7-11)29(24,25)28-12(2)10-13-4-3-5-15-16(13)27-19(26-15,17(20)21)18(22)23/h3-9,12H,10H2,1-2H3,(H,20,21)(H,22,23). The summed E-state index contributed by atoms with van der Waals surface area (Å²) in [4.78, 5) is 22.8. The number of carboxylic acids is 2. The quantitative estimate of drug-likeness (QED) is 0.507. The lowest BCUT2D eigenvalue weighted by atomic mass is 10.1. The van der Waals surface area contributed by atoms with Crippen molar-refractivity contribution in [2.24, 2.45) is 0 Å². The van der Waals surface area contributed by atoms with E-state index in [2.05, 4.69) is 0 Å². The molecule has 2 N–H and O–H groups in total. The Morgan fingerprint density at radius 1 is 1.07 bits per heavy atom. The summed E-state index contributed by atoms with van der Waals surface area (Å²) >= 11 is 0. The predicted molar refractivity (Wildman–Crippen MR) is 98.3 cm³/mol. The zero-order valence-electron chi connectivity index (χ0n) is 15.5. The van der Waals surface area contributed by atoms with E-state index in [0.717, 1.165) is 5.56 Å². The monoisotopic (exact) mass is 422 g/mol. The molecule has 0 spiro atoms. The normalized spacial score (nSPS) is 15.7. The van der Waals surface area contributed by atoms with Gasteiger partial charge in [0.1, 0.15) is 0 Å². The van der Waals surface area contributed by atoms with Gasteiger partial charge in [-0.2, -0.15) is 8.42 Å². The van der Waals surface area contributed by atoms with Crippen LogP contribution in [-0.4, -0.2) is 42.5 Å². The molecule has 0 bridgehead atoms. The van der Waals surface area contributed by atoms with Crippen LogP contribution in [0.15, 0.2) is 47.4 Å². The highest BCUT2D eigenvalue weighted by molar-refractivity contribution is 7.86. The zero-order chi connectivity index (χ0) is 21.4. The molecule has 154 valence electrons. The molecular weight excluding hydrogens is 404 g/mol. The molecule has 0 amide bonds. The molecular formula is C19H18O9S. The van der Waals surface area contributed by atoms with Crippen LogP contribution in [0.4, 0.5) is 0 Å². The molecule has 2 aromatic rings. The van der Waals surface area contributed by atoms with Crippen LogP contribution < -0.4 is 9.47 Å². The van der Waals surface area contributed by atoms with Crippen molar-refractivity contribution < 1.29 is 41.9 Å². The molecule has 3 rings (SSSR count). The summed E-state index contributed by atoms with van der Waals surface area (Å²) in [6.07, 6.45) is -0.839. The SMILES string of the molecule is Cc1ccc(S(=O)(=O)OC(C)Cc2cccc3c2OC(C(=O)O)(C(=O)O)O3)cc1. The molecule has 9 nitrogen and oxygen atoms in total. The van der Waals surface area contributed by atoms with Crippen molar-refractivity contribution in [3.8, 4) is 11.5 Å². The van der Waals surface area contributed by atoms with Crippen molar-refractivity contribution in [1.29, 1.82) is 0 Å². The van der Waals surface area contributed by atoms with Gasteiger partial charge in [0.2, 0.25) is 0 Å². The number of rotatable bonds is 7.